The quantitative estimate of drug-likeness (QED) is 0.647. The van der Waals surface area contributed by atoms with Gasteiger partial charge in [-0.05, 0) is 30.2 Å². The molecule has 0 amide bonds. The number of fused-ring (bicyclic) bond motifs is 1. The molecule has 1 aromatic heterocycles. The van der Waals surface area contributed by atoms with Gasteiger partial charge in [0.1, 0.15) is 0 Å². The number of nitrogens with one attached hydrogen (secondary N) is 1. The Balaban J connectivity index is 2.42. The van der Waals surface area contributed by atoms with Gasteiger partial charge in [0.25, 0.3) is 0 Å². The fourth-order valence-electron chi connectivity index (χ4n) is 3.00. The van der Waals surface area contributed by atoms with E-state index in [2.05, 4.69) is 4.98 Å². The number of benzene rings is 2. The lowest BCUT2D eigenvalue weighted by Gasteiger charge is -2.12. The summed E-state index contributed by atoms with van der Waals surface area (Å²) >= 11 is 6.06. The Hall–Kier alpha value is -2.35. The molecule has 0 aliphatic rings. The number of halogens is 1. The van der Waals surface area contributed by atoms with Crippen molar-refractivity contribution in [1.82, 2.24) is 4.98 Å². The number of hydrogen-bond donors (Lipinski definition) is 3. The van der Waals surface area contributed by atoms with Gasteiger partial charge in [-0.2, -0.15) is 0 Å². The van der Waals surface area contributed by atoms with Gasteiger partial charge in [0.05, 0.1) is 17.0 Å². The summed E-state index contributed by atoms with van der Waals surface area (Å²) in [4.78, 5) is 14.3. The van der Waals surface area contributed by atoms with E-state index in [1.807, 2.05) is 0 Å². The second kappa shape index (κ2) is 6.18. The number of H-pyrrole nitrogens is 1. The zero-order valence-electron chi connectivity index (χ0n) is 13.2. The molecule has 130 valence electrons. The average Bonchev–Trinajstić information content (AvgIpc) is 2.87. The predicted octanol–water partition coefficient (Wildman–Crippen LogP) is 3.07. The topological polar surface area (TPSA) is 113 Å². The number of carboxylic acids is 1. The van der Waals surface area contributed by atoms with Gasteiger partial charge < -0.3 is 10.1 Å². The number of aromatic nitrogens is 1. The van der Waals surface area contributed by atoms with E-state index in [1.165, 1.54) is 6.07 Å². The van der Waals surface area contributed by atoms with E-state index in [0.717, 1.165) is 0 Å². The first kappa shape index (κ1) is 17.5. The van der Waals surface area contributed by atoms with E-state index in [-0.39, 0.29) is 16.3 Å². The summed E-state index contributed by atoms with van der Waals surface area (Å²) in [6.07, 6.45) is -0.259. The third-order valence-electron chi connectivity index (χ3n) is 4.04. The first-order chi connectivity index (χ1) is 11.7. The molecule has 0 bridgehead atoms. The van der Waals surface area contributed by atoms with Crippen LogP contribution in [0, 0.1) is 6.92 Å². The van der Waals surface area contributed by atoms with Crippen LogP contribution >= 0.6 is 11.6 Å². The number of sulfonamides is 1. The summed E-state index contributed by atoms with van der Waals surface area (Å²) in [7, 11) is -4.07. The number of para-hydroxylation sites is 1. The summed E-state index contributed by atoms with van der Waals surface area (Å²) in [5, 5.41) is 15.6. The molecule has 0 saturated carbocycles. The Morgan fingerprint density at radius 2 is 1.92 bits per heavy atom. The number of nitrogens with two attached hydrogens (primary N) is 1. The van der Waals surface area contributed by atoms with Gasteiger partial charge in [-0.3, -0.25) is 4.79 Å². The molecule has 0 radical (unpaired) electrons. The molecule has 4 N–H and O–H groups in total. The molecule has 8 heteroatoms. The van der Waals surface area contributed by atoms with Crippen molar-refractivity contribution in [2.75, 3.05) is 0 Å². The van der Waals surface area contributed by atoms with E-state index in [9.17, 15) is 18.3 Å². The highest BCUT2D eigenvalue weighted by atomic mass is 35.5. The number of aliphatic carboxylic acids is 1. The SMILES string of the molecule is Cc1c(Cl)ccc(-c2[nH]c3ccccc3c2CC(=O)O)c1S(N)(=O)=O. The first-order valence-electron chi connectivity index (χ1n) is 7.34. The molecular formula is C17H15ClN2O4S. The molecule has 25 heavy (non-hydrogen) atoms. The van der Waals surface area contributed by atoms with Crippen LogP contribution in [0.2, 0.25) is 5.02 Å². The maximum Gasteiger partial charge on any atom is 0.307 e. The van der Waals surface area contributed by atoms with Crippen LogP contribution in [0.1, 0.15) is 11.1 Å². The minimum atomic E-state index is -4.07. The molecule has 0 aliphatic carbocycles. The van der Waals surface area contributed by atoms with Crippen molar-refractivity contribution in [2.24, 2.45) is 5.14 Å². The zero-order chi connectivity index (χ0) is 18.4. The van der Waals surface area contributed by atoms with E-state index >= 15 is 0 Å². The van der Waals surface area contributed by atoms with E-state index in [4.69, 9.17) is 16.7 Å². The molecule has 3 aromatic rings. The molecule has 0 atom stereocenters. The molecule has 6 nitrogen and oxygen atoms in total. The summed E-state index contributed by atoms with van der Waals surface area (Å²) in [5.41, 5.74) is 2.24. The van der Waals surface area contributed by atoms with Crippen LogP contribution in [0.25, 0.3) is 22.2 Å². The van der Waals surface area contributed by atoms with Crippen LogP contribution in [-0.4, -0.2) is 24.5 Å². The fraction of sp³-hybridized carbons (Fsp3) is 0.118. The van der Waals surface area contributed by atoms with Gasteiger partial charge in [-0.15, -0.1) is 0 Å². The summed E-state index contributed by atoms with van der Waals surface area (Å²) in [6, 6.07) is 10.3. The highest BCUT2D eigenvalue weighted by Gasteiger charge is 2.24. The normalized spacial score (nSPS) is 11.8. The predicted molar refractivity (Wildman–Crippen MR) is 96.2 cm³/mol. The largest absolute Gasteiger partial charge is 0.481 e. The first-order valence-corrected chi connectivity index (χ1v) is 9.26. The summed E-state index contributed by atoms with van der Waals surface area (Å²) < 4.78 is 24.3. The average molecular weight is 379 g/mol. The van der Waals surface area contributed by atoms with Crippen molar-refractivity contribution in [3.8, 4) is 11.3 Å². The van der Waals surface area contributed by atoms with Gasteiger partial charge in [0.15, 0.2) is 0 Å². The van der Waals surface area contributed by atoms with Crippen molar-refractivity contribution >= 4 is 38.5 Å². The molecule has 0 fully saturated rings. The third-order valence-corrected chi connectivity index (χ3v) is 5.54. The second-order valence-electron chi connectivity index (χ2n) is 5.69. The molecule has 0 unspecified atom stereocenters. The lowest BCUT2D eigenvalue weighted by atomic mass is 10.0. The summed E-state index contributed by atoms with van der Waals surface area (Å²) in [6.45, 7) is 1.56. The fourth-order valence-corrected chi connectivity index (χ4v) is 4.22. The van der Waals surface area contributed by atoms with Crippen LogP contribution in [0.4, 0.5) is 0 Å². The lowest BCUT2D eigenvalue weighted by Crippen LogP contribution is -2.15. The molecule has 2 aromatic carbocycles. The smallest absolute Gasteiger partial charge is 0.307 e. The van der Waals surface area contributed by atoms with Crippen LogP contribution in [0.5, 0.6) is 0 Å². The number of carbonyl (C=O) groups is 1. The minimum Gasteiger partial charge on any atom is -0.481 e. The Bertz CT molecular complexity index is 1100. The van der Waals surface area contributed by atoms with Crippen LogP contribution in [0.3, 0.4) is 0 Å². The van der Waals surface area contributed by atoms with E-state index < -0.39 is 16.0 Å². The van der Waals surface area contributed by atoms with Gasteiger partial charge >= 0.3 is 5.97 Å². The lowest BCUT2D eigenvalue weighted by molar-refractivity contribution is -0.136. The molecule has 0 saturated heterocycles. The molecule has 0 aliphatic heterocycles. The summed E-state index contributed by atoms with van der Waals surface area (Å²) in [5.74, 6) is -1.02. The minimum absolute atomic E-state index is 0.113. The van der Waals surface area contributed by atoms with Crippen LogP contribution in [0.15, 0.2) is 41.3 Å². The van der Waals surface area contributed by atoms with Crippen molar-refractivity contribution in [3.05, 3.63) is 52.5 Å². The van der Waals surface area contributed by atoms with E-state index in [0.29, 0.717) is 33.3 Å². The monoisotopic (exact) mass is 378 g/mol. The number of primary sulfonamides is 1. The number of rotatable bonds is 4. The molecular weight excluding hydrogens is 364 g/mol. The van der Waals surface area contributed by atoms with E-state index in [1.54, 1.807) is 37.3 Å². The van der Waals surface area contributed by atoms with Crippen molar-refractivity contribution in [2.45, 2.75) is 18.2 Å². The van der Waals surface area contributed by atoms with Crippen LogP contribution in [-0.2, 0) is 21.2 Å². The van der Waals surface area contributed by atoms with Gasteiger partial charge in [0, 0.05) is 21.5 Å². The maximum absolute atomic E-state index is 12.1. The highest BCUT2D eigenvalue weighted by molar-refractivity contribution is 7.89. The maximum atomic E-state index is 12.1. The Morgan fingerprint density at radius 3 is 2.56 bits per heavy atom. The van der Waals surface area contributed by atoms with Crippen molar-refractivity contribution < 1.29 is 18.3 Å². The number of hydrogen-bond acceptors (Lipinski definition) is 3. The van der Waals surface area contributed by atoms with Gasteiger partial charge in [-0.1, -0.05) is 35.9 Å². The van der Waals surface area contributed by atoms with Gasteiger partial charge in [0.2, 0.25) is 10.0 Å². The van der Waals surface area contributed by atoms with Crippen LogP contribution < -0.4 is 5.14 Å². The number of aromatic amines is 1. The third kappa shape index (κ3) is 3.13. The van der Waals surface area contributed by atoms with Crippen molar-refractivity contribution in [3.63, 3.8) is 0 Å². The number of carboxylic acid groups (broad SMARTS) is 1. The molecule has 3 rings (SSSR count). The van der Waals surface area contributed by atoms with Gasteiger partial charge in [-0.25, -0.2) is 13.6 Å². The second-order valence-corrected chi connectivity index (χ2v) is 7.59. The zero-order valence-corrected chi connectivity index (χ0v) is 14.8. The molecule has 0 spiro atoms. The molecule has 1 heterocycles. The highest BCUT2D eigenvalue weighted by Crippen LogP contribution is 2.37. The standard InChI is InChI=1S/C17H15ClN2O4S/c1-9-13(18)7-6-11(17(9)25(19,23)24)16-12(8-15(21)22)10-4-2-3-5-14(10)20-16/h2-7,20H,8H2,1H3,(H,21,22)(H2,19,23,24). The van der Waals surface area contributed by atoms with Crippen molar-refractivity contribution in [1.29, 1.82) is 0 Å². The Kier molecular flexibility index (Phi) is 4.32. The Labute approximate surface area is 149 Å². The Morgan fingerprint density at radius 1 is 1.24 bits per heavy atom.